The minimum absolute atomic E-state index is 0.113. The van der Waals surface area contributed by atoms with Crippen molar-refractivity contribution >= 4 is 38.5 Å². The third kappa shape index (κ3) is 4.63. The second kappa shape index (κ2) is 8.65. The molecule has 0 aliphatic rings. The molecule has 3 rings (SSSR count). The molecule has 0 amide bonds. The molecule has 1 heterocycles. The third-order valence-corrected chi connectivity index (χ3v) is 7.15. The topological polar surface area (TPSA) is 74.6 Å². The van der Waals surface area contributed by atoms with E-state index in [2.05, 4.69) is 0 Å². The molecule has 31 heavy (non-hydrogen) atoms. The first-order chi connectivity index (χ1) is 14.5. The highest BCUT2D eigenvalue weighted by molar-refractivity contribution is 7.90. The van der Waals surface area contributed by atoms with Gasteiger partial charge in [-0.3, -0.25) is 0 Å². The highest BCUT2D eigenvalue weighted by atomic mass is 35.5. The Hall–Kier alpha value is -2.35. The summed E-state index contributed by atoms with van der Waals surface area (Å²) in [7, 11) is -2.65. The van der Waals surface area contributed by atoms with Crippen molar-refractivity contribution in [1.29, 1.82) is 0 Å². The molecular weight excluding hydrogens is 438 g/mol. The average molecular weight is 464 g/mol. The fourth-order valence-corrected chi connectivity index (χ4v) is 5.00. The summed E-state index contributed by atoms with van der Waals surface area (Å²) in [4.78, 5) is 12.1. The molecule has 0 bridgehead atoms. The van der Waals surface area contributed by atoms with Crippen LogP contribution >= 0.6 is 11.6 Å². The molecule has 0 spiro atoms. The molecule has 0 N–H and O–H groups in total. The highest BCUT2D eigenvalue weighted by Crippen LogP contribution is 2.30. The van der Waals surface area contributed by atoms with E-state index in [4.69, 9.17) is 21.1 Å². The minimum atomic E-state index is -3.92. The van der Waals surface area contributed by atoms with Gasteiger partial charge in [0.05, 0.1) is 29.8 Å². The molecule has 3 aromatic rings. The first-order valence-corrected chi connectivity index (χ1v) is 11.7. The van der Waals surface area contributed by atoms with E-state index in [1.54, 1.807) is 50.2 Å². The number of fused-ring (bicyclic) bond motifs is 1. The predicted octanol–water partition coefficient (Wildman–Crippen LogP) is 5.12. The van der Waals surface area contributed by atoms with E-state index in [9.17, 15) is 13.2 Å². The number of aromatic nitrogens is 1. The number of esters is 1. The van der Waals surface area contributed by atoms with Crippen LogP contribution in [0.4, 0.5) is 0 Å². The molecule has 1 aromatic heterocycles. The van der Waals surface area contributed by atoms with Gasteiger partial charge in [-0.15, -0.1) is 0 Å². The summed E-state index contributed by atoms with van der Waals surface area (Å²) in [5.74, 6) is -0.263. The van der Waals surface area contributed by atoms with Gasteiger partial charge >= 0.3 is 5.97 Å². The fourth-order valence-electron chi connectivity index (χ4n) is 3.29. The van der Waals surface area contributed by atoms with Gasteiger partial charge in [0.25, 0.3) is 10.0 Å². The largest absolute Gasteiger partial charge is 0.467 e. The van der Waals surface area contributed by atoms with Crippen LogP contribution in [0.5, 0.6) is 0 Å². The van der Waals surface area contributed by atoms with Crippen molar-refractivity contribution in [3.05, 3.63) is 64.8 Å². The standard InChI is InChI=1S/C23H26ClNO5S/c1-15(2)16-6-9-20(10-7-16)31(27,28)25-19(14-30-23(3,4)22(26)29-5)13-17-12-18(24)8-11-21(17)25/h6-13,15H,14H2,1-5H3. The lowest BCUT2D eigenvalue weighted by Gasteiger charge is -2.22. The van der Waals surface area contributed by atoms with Crippen molar-refractivity contribution in [3.8, 4) is 0 Å². The Morgan fingerprint density at radius 3 is 2.32 bits per heavy atom. The van der Waals surface area contributed by atoms with E-state index in [1.807, 2.05) is 26.0 Å². The first kappa shape index (κ1) is 23.3. The third-order valence-electron chi connectivity index (χ3n) is 5.13. The Balaban J connectivity index is 2.11. The molecule has 6 nitrogen and oxygen atoms in total. The van der Waals surface area contributed by atoms with Crippen LogP contribution in [-0.4, -0.2) is 31.1 Å². The number of carbonyl (C=O) groups excluding carboxylic acids is 1. The van der Waals surface area contributed by atoms with Crippen molar-refractivity contribution < 1.29 is 22.7 Å². The number of benzene rings is 2. The minimum Gasteiger partial charge on any atom is -0.467 e. The van der Waals surface area contributed by atoms with Crippen molar-refractivity contribution in [1.82, 2.24) is 3.97 Å². The number of nitrogens with zero attached hydrogens (tertiary/aromatic N) is 1. The number of methoxy groups -OCH3 is 1. The summed E-state index contributed by atoms with van der Waals surface area (Å²) in [6.45, 7) is 7.12. The van der Waals surface area contributed by atoms with E-state index in [-0.39, 0.29) is 17.4 Å². The Labute approximate surface area is 187 Å². The molecule has 0 saturated heterocycles. The zero-order chi connectivity index (χ0) is 23.0. The maximum absolute atomic E-state index is 13.6. The van der Waals surface area contributed by atoms with Gasteiger partial charge in [0.2, 0.25) is 0 Å². The van der Waals surface area contributed by atoms with Crippen LogP contribution in [0.3, 0.4) is 0 Å². The number of carbonyl (C=O) groups is 1. The lowest BCUT2D eigenvalue weighted by molar-refractivity contribution is -0.166. The smallest absolute Gasteiger partial charge is 0.337 e. The van der Waals surface area contributed by atoms with E-state index in [0.29, 0.717) is 21.6 Å². The summed E-state index contributed by atoms with van der Waals surface area (Å²) >= 11 is 6.12. The Morgan fingerprint density at radius 2 is 1.74 bits per heavy atom. The van der Waals surface area contributed by atoms with Crippen LogP contribution in [0.1, 0.15) is 44.9 Å². The van der Waals surface area contributed by atoms with Gasteiger partial charge in [-0.2, -0.15) is 0 Å². The summed E-state index contributed by atoms with van der Waals surface area (Å²) in [6, 6.07) is 13.5. The monoisotopic (exact) mass is 463 g/mol. The summed E-state index contributed by atoms with van der Waals surface area (Å²) in [5, 5.41) is 1.15. The average Bonchev–Trinajstić information content (AvgIpc) is 3.09. The highest BCUT2D eigenvalue weighted by Gasteiger charge is 2.31. The van der Waals surface area contributed by atoms with E-state index >= 15 is 0 Å². The molecule has 166 valence electrons. The number of ether oxygens (including phenoxy) is 2. The van der Waals surface area contributed by atoms with Crippen molar-refractivity contribution in [2.24, 2.45) is 0 Å². The quantitative estimate of drug-likeness (QED) is 0.454. The SMILES string of the molecule is COC(=O)C(C)(C)OCc1cc2cc(Cl)ccc2n1S(=O)(=O)c1ccc(C(C)C)cc1. The maximum Gasteiger partial charge on any atom is 0.337 e. The normalized spacial score (nSPS) is 12.5. The molecule has 0 aliphatic heterocycles. The predicted molar refractivity (Wildman–Crippen MR) is 121 cm³/mol. The molecule has 8 heteroatoms. The number of hydrogen-bond acceptors (Lipinski definition) is 5. The molecule has 2 aromatic carbocycles. The van der Waals surface area contributed by atoms with Crippen LogP contribution < -0.4 is 0 Å². The Bertz CT molecular complexity index is 1210. The van der Waals surface area contributed by atoms with Gasteiger partial charge in [-0.25, -0.2) is 17.2 Å². The maximum atomic E-state index is 13.6. The van der Waals surface area contributed by atoms with E-state index < -0.39 is 21.6 Å². The zero-order valence-electron chi connectivity index (χ0n) is 18.2. The Morgan fingerprint density at radius 1 is 1.10 bits per heavy atom. The van der Waals surface area contributed by atoms with Crippen LogP contribution in [0.15, 0.2) is 53.4 Å². The molecular formula is C23H26ClNO5S. The summed E-state index contributed by atoms with van der Waals surface area (Å²) in [5.41, 5.74) is 0.663. The second-order valence-corrected chi connectivity index (χ2v) is 10.3. The number of halogens is 1. The van der Waals surface area contributed by atoms with Gasteiger partial charge in [-0.05, 0) is 61.7 Å². The first-order valence-electron chi connectivity index (χ1n) is 9.85. The van der Waals surface area contributed by atoms with Gasteiger partial charge in [0.15, 0.2) is 5.60 Å². The van der Waals surface area contributed by atoms with Crippen LogP contribution in [0.2, 0.25) is 5.02 Å². The fraction of sp³-hybridized carbons (Fsp3) is 0.348. The molecule has 0 saturated carbocycles. The van der Waals surface area contributed by atoms with Crippen molar-refractivity contribution in [2.45, 2.75) is 50.7 Å². The number of hydrogen-bond donors (Lipinski definition) is 0. The lowest BCUT2D eigenvalue weighted by Crippen LogP contribution is -2.36. The van der Waals surface area contributed by atoms with Crippen molar-refractivity contribution in [3.63, 3.8) is 0 Å². The zero-order valence-corrected chi connectivity index (χ0v) is 19.8. The molecule has 0 atom stereocenters. The molecule has 0 aliphatic carbocycles. The molecule has 0 unspecified atom stereocenters. The Kier molecular flexibility index (Phi) is 6.51. The summed E-state index contributed by atoms with van der Waals surface area (Å²) < 4.78 is 39.0. The van der Waals surface area contributed by atoms with Gasteiger partial charge < -0.3 is 9.47 Å². The van der Waals surface area contributed by atoms with E-state index in [0.717, 1.165) is 5.56 Å². The van der Waals surface area contributed by atoms with Crippen LogP contribution in [0.25, 0.3) is 10.9 Å². The van der Waals surface area contributed by atoms with E-state index in [1.165, 1.54) is 11.1 Å². The summed E-state index contributed by atoms with van der Waals surface area (Å²) in [6.07, 6.45) is 0. The molecule has 0 radical (unpaired) electrons. The van der Waals surface area contributed by atoms with Crippen LogP contribution in [-0.2, 0) is 30.9 Å². The number of rotatable bonds is 7. The van der Waals surface area contributed by atoms with Gasteiger partial charge in [0, 0.05) is 10.4 Å². The second-order valence-electron chi connectivity index (χ2n) is 8.12. The molecule has 0 fully saturated rings. The van der Waals surface area contributed by atoms with Crippen LogP contribution in [0, 0.1) is 0 Å². The lowest BCUT2D eigenvalue weighted by atomic mass is 10.0. The van der Waals surface area contributed by atoms with Crippen molar-refractivity contribution in [2.75, 3.05) is 7.11 Å². The van der Waals surface area contributed by atoms with Gasteiger partial charge in [-0.1, -0.05) is 37.6 Å². The van der Waals surface area contributed by atoms with Gasteiger partial charge in [0.1, 0.15) is 0 Å².